The van der Waals surface area contributed by atoms with Gasteiger partial charge in [0.15, 0.2) is 0 Å². The number of carbonyl (C=O) groups excluding carboxylic acids is 1. The molecule has 1 amide bonds. The average molecular weight is 260 g/mol. The number of amides is 1. The highest BCUT2D eigenvalue weighted by atomic mass is 16.2. The van der Waals surface area contributed by atoms with E-state index in [0.29, 0.717) is 11.0 Å². The molecule has 2 aliphatic rings. The Hall–Kier alpha value is -1.49. The second-order valence-corrected chi connectivity index (χ2v) is 5.74. The Morgan fingerprint density at radius 2 is 2.05 bits per heavy atom. The third-order valence-electron chi connectivity index (χ3n) is 4.32. The Balaban J connectivity index is 1.73. The van der Waals surface area contributed by atoms with E-state index in [0.717, 1.165) is 32.6 Å². The molecule has 2 fully saturated rings. The molecule has 2 aliphatic heterocycles. The Morgan fingerprint density at radius 3 is 2.79 bits per heavy atom. The number of aromatic nitrogens is 2. The second kappa shape index (κ2) is 5.25. The average Bonchev–Trinajstić information content (AvgIpc) is 2.48. The number of hydrogen-bond donors (Lipinski definition) is 1. The molecular weight excluding hydrogens is 240 g/mol. The van der Waals surface area contributed by atoms with E-state index in [1.165, 1.54) is 25.6 Å². The van der Waals surface area contributed by atoms with Crippen molar-refractivity contribution in [1.29, 1.82) is 0 Å². The normalized spacial score (nSPS) is 27.5. The van der Waals surface area contributed by atoms with E-state index >= 15 is 0 Å². The quantitative estimate of drug-likeness (QED) is 0.821. The van der Waals surface area contributed by atoms with Crippen LogP contribution in [0.3, 0.4) is 0 Å². The summed E-state index contributed by atoms with van der Waals surface area (Å²) in [6.45, 7) is 3.88. The number of carbonyl (C=O) groups is 1. The Kier molecular flexibility index (Phi) is 3.46. The Bertz CT molecular complexity index is 437. The Labute approximate surface area is 113 Å². The van der Waals surface area contributed by atoms with Gasteiger partial charge in [-0.05, 0) is 32.2 Å². The van der Waals surface area contributed by atoms with Gasteiger partial charge in [0.05, 0.1) is 5.56 Å². The van der Waals surface area contributed by atoms with Gasteiger partial charge in [0.1, 0.15) is 6.33 Å². The van der Waals surface area contributed by atoms with Gasteiger partial charge in [-0.2, -0.15) is 0 Å². The third kappa shape index (κ3) is 2.61. The van der Waals surface area contributed by atoms with Crippen LogP contribution in [0.5, 0.6) is 0 Å². The third-order valence-corrected chi connectivity index (χ3v) is 4.32. The molecule has 5 nitrogen and oxygen atoms in total. The molecule has 1 N–H and O–H groups in total. The minimum absolute atomic E-state index is 0.0743. The van der Waals surface area contributed by atoms with Crippen molar-refractivity contribution >= 4 is 5.91 Å². The molecule has 2 saturated heterocycles. The number of nitrogens with zero attached hydrogens (tertiary/aromatic N) is 3. The molecular formula is C14H20N4O. The van der Waals surface area contributed by atoms with Crippen molar-refractivity contribution in [2.75, 3.05) is 26.2 Å². The number of likely N-dealkylation sites (tertiary alicyclic amines) is 1. The van der Waals surface area contributed by atoms with Crippen molar-refractivity contribution in [3.63, 3.8) is 0 Å². The minimum Gasteiger partial charge on any atom is -0.338 e. The number of piperidine rings is 2. The van der Waals surface area contributed by atoms with Crippen LogP contribution in [0.1, 0.15) is 36.0 Å². The van der Waals surface area contributed by atoms with Crippen molar-refractivity contribution in [3.05, 3.63) is 24.3 Å². The zero-order valence-electron chi connectivity index (χ0n) is 11.1. The molecule has 3 heterocycles. The highest BCUT2D eigenvalue weighted by Crippen LogP contribution is 2.36. The molecule has 1 aromatic rings. The van der Waals surface area contributed by atoms with Gasteiger partial charge in [-0.3, -0.25) is 4.79 Å². The van der Waals surface area contributed by atoms with Gasteiger partial charge in [0.25, 0.3) is 5.91 Å². The van der Waals surface area contributed by atoms with E-state index in [9.17, 15) is 4.79 Å². The van der Waals surface area contributed by atoms with Crippen molar-refractivity contribution in [1.82, 2.24) is 20.2 Å². The fourth-order valence-electron chi connectivity index (χ4n) is 3.35. The van der Waals surface area contributed by atoms with Crippen LogP contribution >= 0.6 is 0 Å². The van der Waals surface area contributed by atoms with E-state index in [4.69, 9.17) is 0 Å². The molecule has 0 aromatic carbocycles. The molecule has 19 heavy (non-hydrogen) atoms. The summed E-state index contributed by atoms with van der Waals surface area (Å²) in [4.78, 5) is 22.3. The summed E-state index contributed by atoms with van der Waals surface area (Å²) < 4.78 is 0. The molecule has 102 valence electrons. The van der Waals surface area contributed by atoms with Gasteiger partial charge in [0, 0.05) is 37.4 Å². The molecule has 1 unspecified atom stereocenters. The summed E-state index contributed by atoms with van der Waals surface area (Å²) in [5, 5.41) is 3.48. The number of hydrogen-bond acceptors (Lipinski definition) is 4. The Morgan fingerprint density at radius 1 is 1.26 bits per heavy atom. The van der Waals surface area contributed by atoms with Gasteiger partial charge < -0.3 is 10.2 Å². The molecule has 1 atom stereocenters. The predicted molar refractivity (Wildman–Crippen MR) is 71.7 cm³/mol. The molecule has 3 rings (SSSR count). The summed E-state index contributed by atoms with van der Waals surface area (Å²) >= 11 is 0. The van der Waals surface area contributed by atoms with E-state index in [1.54, 1.807) is 12.4 Å². The summed E-state index contributed by atoms with van der Waals surface area (Å²) in [6, 6.07) is 0. The van der Waals surface area contributed by atoms with Crippen molar-refractivity contribution in [3.8, 4) is 0 Å². The van der Waals surface area contributed by atoms with Crippen molar-refractivity contribution < 1.29 is 4.79 Å². The summed E-state index contributed by atoms with van der Waals surface area (Å²) in [7, 11) is 0. The summed E-state index contributed by atoms with van der Waals surface area (Å²) in [6.07, 6.45) is 9.45. The van der Waals surface area contributed by atoms with Crippen LogP contribution in [0.4, 0.5) is 0 Å². The fraction of sp³-hybridized carbons (Fsp3) is 0.643. The fourth-order valence-corrected chi connectivity index (χ4v) is 3.35. The van der Waals surface area contributed by atoms with Crippen molar-refractivity contribution in [2.24, 2.45) is 5.41 Å². The summed E-state index contributed by atoms with van der Waals surface area (Å²) in [5.41, 5.74) is 0.894. The van der Waals surface area contributed by atoms with Crippen LogP contribution in [0.25, 0.3) is 0 Å². The molecule has 0 aliphatic carbocycles. The van der Waals surface area contributed by atoms with E-state index in [-0.39, 0.29) is 5.91 Å². The highest BCUT2D eigenvalue weighted by molar-refractivity contribution is 5.93. The maximum absolute atomic E-state index is 12.5. The predicted octanol–water partition coefficient (Wildman–Crippen LogP) is 1.08. The largest absolute Gasteiger partial charge is 0.338 e. The highest BCUT2D eigenvalue weighted by Gasteiger charge is 2.38. The summed E-state index contributed by atoms with van der Waals surface area (Å²) in [5.74, 6) is 0.0743. The van der Waals surface area contributed by atoms with Crippen molar-refractivity contribution in [2.45, 2.75) is 25.7 Å². The first-order valence-electron chi connectivity index (χ1n) is 7.04. The van der Waals surface area contributed by atoms with E-state index < -0.39 is 0 Å². The first-order chi connectivity index (χ1) is 9.29. The zero-order valence-corrected chi connectivity index (χ0v) is 11.1. The molecule has 1 spiro atoms. The first-order valence-corrected chi connectivity index (χ1v) is 7.04. The number of rotatable bonds is 1. The molecule has 0 radical (unpaired) electrons. The molecule has 1 aromatic heterocycles. The van der Waals surface area contributed by atoms with Gasteiger partial charge in [-0.15, -0.1) is 0 Å². The SMILES string of the molecule is O=C(c1cncnc1)N1CCCC2(CCCNC2)C1. The van der Waals surface area contributed by atoms with Crippen LogP contribution in [0.2, 0.25) is 0 Å². The molecule has 0 saturated carbocycles. The lowest BCUT2D eigenvalue weighted by molar-refractivity contribution is 0.0433. The maximum atomic E-state index is 12.5. The van der Waals surface area contributed by atoms with Gasteiger partial charge in [0.2, 0.25) is 0 Å². The van der Waals surface area contributed by atoms with Gasteiger partial charge in [-0.25, -0.2) is 9.97 Å². The van der Waals surface area contributed by atoms with Gasteiger partial charge >= 0.3 is 0 Å². The minimum atomic E-state index is 0.0743. The van der Waals surface area contributed by atoms with Crippen LogP contribution in [0.15, 0.2) is 18.7 Å². The van der Waals surface area contributed by atoms with E-state index in [1.807, 2.05) is 4.90 Å². The topological polar surface area (TPSA) is 58.1 Å². The maximum Gasteiger partial charge on any atom is 0.257 e. The van der Waals surface area contributed by atoms with Crippen LogP contribution in [-0.2, 0) is 0 Å². The smallest absolute Gasteiger partial charge is 0.257 e. The monoisotopic (exact) mass is 260 g/mol. The second-order valence-electron chi connectivity index (χ2n) is 5.74. The molecule has 5 heteroatoms. The lowest BCUT2D eigenvalue weighted by Crippen LogP contribution is -2.52. The van der Waals surface area contributed by atoms with Crippen LogP contribution in [-0.4, -0.2) is 47.0 Å². The number of nitrogens with one attached hydrogen (secondary N) is 1. The molecule has 0 bridgehead atoms. The zero-order chi connectivity index (χ0) is 13.1. The first kappa shape index (κ1) is 12.5. The van der Waals surface area contributed by atoms with E-state index in [2.05, 4.69) is 15.3 Å². The standard InChI is InChI=1S/C14H20N4O/c19-13(12-7-16-11-17-8-12)18-6-2-4-14(10-18)3-1-5-15-9-14/h7-8,11,15H,1-6,9-10H2. The van der Waals surface area contributed by atoms with Crippen LogP contribution in [0, 0.1) is 5.41 Å². The lowest BCUT2D eigenvalue weighted by atomic mass is 9.74. The lowest BCUT2D eigenvalue weighted by Gasteiger charge is -2.45. The van der Waals surface area contributed by atoms with Crippen LogP contribution < -0.4 is 5.32 Å². The van der Waals surface area contributed by atoms with Gasteiger partial charge in [-0.1, -0.05) is 0 Å².